The number of hydrogen-bond donors (Lipinski definition) is 0. The number of hydrogen-bond acceptors (Lipinski definition) is 5. The van der Waals surface area contributed by atoms with Gasteiger partial charge in [0, 0.05) is 37.6 Å². The fraction of sp³-hybridized carbons (Fsp3) is 0.267. The molecule has 4 rings (SSSR count). The molecule has 0 N–H and O–H groups in total. The minimum atomic E-state index is -0.0278. The second kappa shape index (κ2) is 12.2. The molecule has 6 heteroatoms. The first-order valence-electron chi connectivity index (χ1n) is 12.2. The Morgan fingerprint density at radius 2 is 1.69 bits per heavy atom. The third-order valence-electron chi connectivity index (χ3n) is 6.01. The van der Waals surface area contributed by atoms with E-state index in [1.165, 1.54) is 0 Å². The molecule has 3 aromatic carbocycles. The van der Waals surface area contributed by atoms with Crippen LogP contribution in [0, 0.1) is 0 Å². The molecular formula is C30H33N3O3. The van der Waals surface area contributed by atoms with Crippen molar-refractivity contribution in [1.29, 1.82) is 0 Å². The largest absolute Gasteiger partial charge is 0.493 e. The molecule has 0 radical (unpaired) electrons. The Morgan fingerprint density at radius 3 is 2.47 bits per heavy atom. The number of aromatic nitrogens is 1. The summed E-state index contributed by atoms with van der Waals surface area (Å²) < 4.78 is 11.6. The predicted molar refractivity (Wildman–Crippen MR) is 143 cm³/mol. The Hall–Kier alpha value is -3.90. The second-order valence-corrected chi connectivity index (χ2v) is 9.04. The molecule has 1 heterocycles. The van der Waals surface area contributed by atoms with Gasteiger partial charge in [-0.15, -0.1) is 0 Å². The van der Waals surface area contributed by atoms with Crippen molar-refractivity contribution in [2.75, 3.05) is 34.4 Å². The molecular weight excluding hydrogens is 450 g/mol. The molecule has 0 saturated carbocycles. The lowest BCUT2D eigenvalue weighted by molar-refractivity contribution is 0.0731. The number of carbonyl (C=O) groups excluding carboxylic acids is 1. The zero-order valence-corrected chi connectivity index (χ0v) is 21.2. The van der Waals surface area contributed by atoms with E-state index in [4.69, 9.17) is 9.47 Å². The van der Waals surface area contributed by atoms with Gasteiger partial charge in [0.05, 0.1) is 13.7 Å². The Balaban J connectivity index is 1.62. The van der Waals surface area contributed by atoms with E-state index in [2.05, 4.69) is 9.88 Å². The van der Waals surface area contributed by atoms with Crippen molar-refractivity contribution in [1.82, 2.24) is 14.8 Å². The summed E-state index contributed by atoms with van der Waals surface area (Å²) in [4.78, 5) is 22.1. The molecule has 0 bridgehead atoms. The van der Waals surface area contributed by atoms with Gasteiger partial charge in [0.15, 0.2) is 11.5 Å². The number of fused-ring (bicyclic) bond motifs is 1. The third-order valence-corrected chi connectivity index (χ3v) is 6.01. The lowest BCUT2D eigenvalue weighted by Gasteiger charge is -2.24. The molecule has 0 saturated heterocycles. The van der Waals surface area contributed by atoms with Crippen LogP contribution in [0.5, 0.6) is 11.5 Å². The van der Waals surface area contributed by atoms with Crippen molar-refractivity contribution >= 4 is 16.7 Å². The fourth-order valence-electron chi connectivity index (χ4n) is 4.21. The molecule has 6 nitrogen and oxygen atoms in total. The van der Waals surface area contributed by atoms with Crippen LogP contribution < -0.4 is 9.47 Å². The lowest BCUT2D eigenvalue weighted by atomic mass is 10.0. The van der Waals surface area contributed by atoms with Gasteiger partial charge in [-0.25, -0.2) is 0 Å². The quantitative estimate of drug-likeness (QED) is 0.267. The van der Waals surface area contributed by atoms with E-state index in [1.54, 1.807) is 19.5 Å². The molecule has 0 aliphatic heterocycles. The Labute approximate surface area is 213 Å². The molecule has 0 unspecified atom stereocenters. The topological polar surface area (TPSA) is 54.9 Å². The van der Waals surface area contributed by atoms with Crippen LogP contribution in [0.2, 0.25) is 0 Å². The van der Waals surface area contributed by atoms with Crippen molar-refractivity contribution in [3.05, 3.63) is 102 Å². The molecule has 0 atom stereocenters. The summed E-state index contributed by atoms with van der Waals surface area (Å²) >= 11 is 0. The molecule has 0 aliphatic rings. The normalized spacial score (nSPS) is 11.0. The Bertz CT molecular complexity index is 1290. The first kappa shape index (κ1) is 25.2. The van der Waals surface area contributed by atoms with E-state index in [9.17, 15) is 4.79 Å². The minimum Gasteiger partial charge on any atom is -0.493 e. The highest BCUT2D eigenvalue weighted by Crippen LogP contribution is 2.30. The summed E-state index contributed by atoms with van der Waals surface area (Å²) in [7, 11) is 5.73. The van der Waals surface area contributed by atoms with Gasteiger partial charge in [-0.05, 0) is 66.7 Å². The highest BCUT2D eigenvalue weighted by Gasteiger charge is 2.20. The number of amides is 1. The molecule has 1 amide bonds. The summed E-state index contributed by atoms with van der Waals surface area (Å²) in [5.41, 5.74) is 2.63. The highest BCUT2D eigenvalue weighted by atomic mass is 16.5. The second-order valence-electron chi connectivity index (χ2n) is 9.04. The van der Waals surface area contributed by atoms with Gasteiger partial charge in [-0.1, -0.05) is 48.5 Å². The molecule has 186 valence electrons. The Morgan fingerprint density at radius 1 is 0.889 bits per heavy atom. The molecule has 36 heavy (non-hydrogen) atoms. The zero-order chi connectivity index (χ0) is 25.3. The van der Waals surface area contributed by atoms with Crippen molar-refractivity contribution in [2.24, 2.45) is 0 Å². The van der Waals surface area contributed by atoms with Crippen LogP contribution in [0.25, 0.3) is 10.8 Å². The number of ether oxygens (including phenoxy) is 2. The minimum absolute atomic E-state index is 0.0278. The van der Waals surface area contributed by atoms with Crippen LogP contribution in [0.15, 0.2) is 85.2 Å². The smallest absolute Gasteiger partial charge is 0.255 e. The van der Waals surface area contributed by atoms with Crippen LogP contribution in [0.4, 0.5) is 0 Å². The number of benzene rings is 3. The van der Waals surface area contributed by atoms with E-state index in [0.29, 0.717) is 36.8 Å². The predicted octanol–water partition coefficient (Wildman–Crippen LogP) is 5.42. The highest BCUT2D eigenvalue weighted by molar-refractivity contribution is 6.07. The van der Waals surface area contributed by atoms with Crippen molar-refractivity contribution < 1.29 is 14.3 Å². The number of methoxy groups -OCH3 is 1. The van der Waals surface area contributed by atoms with Crippen LogP contribution >= 0.6 is 0 Å². The molecule has 0 fully saturated rings. The standard InChI is InChI=1S/C30H33N3O3/c1-32(2)17-8-18-36-29-19-23(14-15-28(29)35-3)21-33(22-24-9-7-16-31-20-24)30(34)27-13-6-11-25-10-4-5-12-26(25)27/h4-7,9-16,19-20H,8,17-18,21-22H2,1-3H3. The van der Waals surface area contributed by atoms with Gasteiger partial charge in [-0.2, -0.15) is 0 Å². The molecule has 0 aliphatic carbocycles. The third kappa shape index (κ3) is 6.40. The maximum atomic E-state index is 13.9. The van der Waals surface area contributed by atoms with Crippen LogP contribution in [0.3, 0.4) is 0 Å². The van der Waals surface area contributed by atoms with Gasteiger partial charge in [-0.3, -0.25) is 9.78 Å². The first-order chi connectivity index (χ1) is 17.5. The van der Waals surface area contributed by atoms with Gasteiger partial charge in [0.25, 0.3) is 5.91 Å². The SMILES string of the molecule is COc1ccc(CN(Cc2cccnc2)C(=O)c2cccc3ccccc23)cc1OCCCN(C)C. The number of carbonyl (C=O) groups is 1. The van der Waals surface area contributed by atoms with E-state index < -0.39 is 0 Å². The summed E-state index contributed by atoms with van der Waals surface area (Å²) in [6, 6.07) is 23.6. The average molecular weight is 484 g/mol. The van der Waals surface area contributed by atoms with E-state index in [1.807, 2.05) is 91.8 Å². The maximum Gasteiger partial charge on any atom is 0.255 e. The fourth-order valence-corrected chi connectivity index (χ4v) is 4.21. The number of nitrogens with zero attached hydrogens (tertiary/aromatic N) is 3. The summed E-state index contributed by atoms with van der Waals surface area (Å²) in [5.74, 6) is 1.34. The monoisotopic (exact) mass is 483 g/mol. The van der Waals surface area contributed by atoms with E-state index in [-0.39, 0.29) is 5.91 Å². The summed E-state index contributed by atoms with van der Waals surface area (Å²) in [5, 5.41) is 1.99. The Kier molecular flexibility index (Phi) is 8.53. The summed E-state index contributed by atoms with van der Waals surface area (Å²) in [6.45, 7) is 2.41. The first-order valence-corrected chi connectivity index (χ1v) is 12.2. The van der Waals surface area contributed by atoms with Gasteiger partial charge >= 0.3 is 0 Å². The van der Waals surface area contributed by atoms with Gasteiger partial charge in [0.2, 0.25) is 0 Å². The van der Waals surface area contributed by atoms with Crippen molar-refractivity contribution in [2.45, 2.75) is 19.5 Å². The van der Waals surface area contributed by atoms with Gasteiger partial charge < -0.3 is 19.3 Å². The average Bonchev–Trinajstić information content (AvgIpc) is 2.90. The van der Waals surface area contributed by atoms with Crippen LogP contribution in [-0.4, -0.2) is 55.0 Å². The maximum absolute atomic E-state index is 13.9. The molecule has 0 spiro atoms. The molecule has 4 aromatic rings. The lowest BCUT2D eigenvalue weighted by Crippen LogP contribution is -2.30. The van der Waals surface area contributed by atoms with Crippen LogP contribution in [-0.2, 0) is 13.1 Å². The van der Waals surface area contributed by atoms with Crippen molar-refractivity contribution in [3.63, 3.8) is 0 Å². The van der Waals surface area contributed by atoms with E-state index >= 15 is 0 Å². The number of pyridine rings is 1. The van der Waals surface area contributed by atoms with Crippen molar-refractivity contribution in [3.8, 4) is 11.5 Å². The van der Waals surface area contributed by atoms with E-state index in [0.717, 1.165) is 34.9 Å². The molecule has 1 aromatic heterocycles. The zero-order valence-electron chi connectivity index (χ0n) is 21.2. The summed E-state index contributed by atoms with van der Waals surface area (Å²) in [6.07, 6.45) is 4.45. The van der Waals surface area contributed by atoms with Gasteiger partial charge in [0.1, 0.15) is 0 Å². The van der Waals surface area contributed by atoms with Crippen LogP contribution in [0.1, 0.15) is 27.9 Å². The number of rotatable bonds is 11.